The summed E-state index contributed by atoms with van der Waals surface area (Å²) in [5.74, 6) is 0.651. The van der Waals surface area contributed by atoms with Crippen molar-refractivity contribution in [3.63, 3.8) is 0 Å². The molecule has 0 N–H and O–H groups in total. The Bertz CT molecular complexity index is 769. The topological polar surface area (TPSA) is 0 Å². The van der Waals surface area contributed by atoms with Gasteiger partial charge in [-0.2, -0.15) is 0 Å². The van der Waals surface area contributed by atoms with Crippen LogP contribution >= 0.6 is 0 Å². The Kier molecular flexibility index (Phi) is 3.16. The lowest BCUT2D eigenvalue weighted by Crippen LogP contribution is -2.08. The van der Waals surface area contributed by atoms with Crippen molar-refractivity contribution in [1.29, 1.82) is 0 Å². The Labute approximate surface area is 131 Å². The zero-order chi connectivity index (χ0) is 14.9. The van der Waals surface area contributed by atoms with Crippen LogP contribution in [0.5, 0.6) is 0 Å². The van der Waals surface area contributed by atoms with E-state index < -0.39 is 0 Å². The van der Waals surface area contributed by atoms with E-state index in [0.717, 1.165) is 0 Å². The molecule has 0 fully saturated rings. The average molecular weight is 282 g/mol. The van der Waals surface area contributed by atoms with Gasteiger partial charge in [0.2, 0.25) is 0 Å². The highest BCUT2D eigenvalue weighted by atomic mass is 14.4. The zero-order valence-corrected chi connectivity index (χ0v) is 12.4. The van der Waals surface area contributed by atoms with Crippen LogP contribution in [0.25, 0.3) is 11.1 Å². The lowest BCUT2D eigenvalue weighted by atomic mass is 9.80. The second kappa shape index (κ2) is 5.31. The van der Waals surface area contributed by atoms with Crippen molar-refractivity contribution in [3.8, 4) is 11.1 Å². The van der Waals surface area contributed by atoms with Gasteiger partial charge in [-0.15, -0.1) is 6.58 Å². The first-order chi connectivity index (χ1) is 10.9. The first kappa shape index (κ1) is 13.1. The molecule has 0 heteroatoms. The maximum atomic E-state index is 4.13. The third kappa shape index (κ3) is 1.92. The monoisotopic (exact) mass is 282 g/mol. The molecule has 0 spiro atoms. The molecule has 0 heterocycles. The molecule has 4 rings (SSSR count). The van der Waals surface area contributed by atoms with Gasteiger partial charge in [-0.25, -0.2) is 0 Å². The van der Waals surface area contributed by atoms with Crippen LogP contribution in [0.4, 0.5) is 0 Å². The van der Waals surface area contributed by atoms with Gasteiger partial charge in [-0.3, -0.25) is 0 Å². The molecule has 1 unspecified atom stereocenters. The molecule has 0 nitrogen and oxygen atoms in total. The second-order valence-electron chi connectivity index (χ2n) is 5.82. The summed E-state index contributed by atoms with van der Waals surface area (Å²) in [5.41, 5.74) is 6.89. The van der Waals surface area contributed by atoms with Gasteiger partial charge >= 0.3 is 0 Å². The molecule has 0 amide bonds. The lowest BCUT2D eigenvalue weighted by molar-refractivity contribution is 0.732. The summed E-state index contributed by atoms with van der Waals surface area (Å²) in [6, 6.07) is 28.2. The van der Waals surface area contributed by atoms with Crippen molar-refractivity contribution in [2.75, 3.05) is 0 Å². The van der Waals surface area contributed by atoms with Crippen molar-refractivity contribution in [2.45, 2.75) is 11.8 Å². The molecular weight excluding hydrogens is 264 g/mol. The van der Waals surface area contributed by atoms with Crippen LogP contribution in [0, 0.1) is 0 Å². The maximum absolute atomic E-state index is 4.13. The van der Waals surface area contributed by atoms with Crippen molar-refractivity contribution in [2.24, 2.45) is 0 Å². The molecule has 0 aromatic heterocycles. The summed E-state index contributed by atoms with van der Waals surface area (Å²) in [7, 11) is 0. The fourth-order valence-corrected chi connectivity index (χ4v) is 3.72. The predicted octanol–water partition coefficient (Wildman–Crippen LogP) is 5.77. The van der Waals surface area contributed by atoms with Gasteiger partial charge < -0.3 is 0 Å². The minimum atomic E-state index is 0.297. The first-order valence-corrected chi connectivity index (χ1v) is 7.76. The highest BCUT2D eigenvalue weighted by Crippen LogP contribution is 2.51. The van der Waals surface area contributed by atoms with E-state index in [1.54, 1.807) is 0 Å². The van der Waals surface area contributed by atoms with E-state index in [-0.39, 0.29) is 0 Å². The summed E-state index contributed by atoms with van der Waals surface area (Å²) in [4.78, 5) is 0. The Balaban J connectivity index is 1.93. The number of hydrogen-bond donors (Lipinski definition) is 0. The summed E-state index contributed by atoms with van der Waals surface area (Å²) in [6.07, 6.45) is 2.10. The summed E-state index contributed by atoms with van der Waals surface area (Å²) >= 11 is 0. The van der Waals surface area contributed by atoms with Gasteiger partial charge in [-0.1, -0.05) is 84.9 Å². The molecule has 22 heavy (non-hydrogen) atoms. The molecule has 1 aliphatic rings. The smallest absolute Gasteiger partial charge is 0.0205 e. The van der Waals surface area contributed by atoms with Crippen LogP contribution in [-0.4, -0.2) is 0 Å². The standard InChI is InChI=1S/C22H18/c1-2-17(16-10-4-3-5-11-16)22-20-14-8-6-12-18(20)19-13-7-9-15-21(19)22/h2-15,17,22H,1H2. The summed E-state index contributed by atoms with van der Waals surface area (Å²) in [5, 5.41) is 0. The van der Waals surface area contributed by atoms with Crippen LogP contribution in [0.15, 0.2) is 91.5 Å². The molecule has 0 aliphatic heterocycles. The van der Waals surface area contributed by atoms with Crippen molar-refractivity contribution >= 4 is 0 Å². The van der Waals surface area contributed by atoms with E-state index in [0.29, 0.717) is 11.8 Å². The Hall–Kier alpha value is -2.60. The largest absolute Gasteiger partial charge is 0.102 e. The Morgan fingerprint density at radius 2 is 1.18 bits per heavy atom. The van der Waals surface area contributed by atoms with Crippen LogP contribution in [0.1, 0.15) is 28.5 Å². The highest BCUT2D eigenvalue weighted by molar-refractivity contribution is 5.79. The second-order valence-corrected chi connectivity index (χ2v) is 5.82. The van der Waals surface area contributed by atoms with Crippen molar-refractivity contribution < 1.29 is 0 Å². The van der Waals surface area contributed by atoms with E-state index >= 15 is 0 Å². The molecule has 106 valence electrons. The minimum absolute atomic E-state index is 0.297. The number of allylic oxidation sites excluding steroid dienone is 1. The predicted molar refractivity (Wildman–Crippen MR) is 93.1 cm³/mol. The van der Waals surface area contributed by atoms with E-state index in [1.807, 2.05) is 0 Å². The SMILES string of the molecule is C=CC(c1ccccc1)C1c2ccccc2-c2ccccc21. The summed E-state index contributed by atoms with van der Waals surface area (Å²) < 4.78 is 0. The molecule has 3 aromatic rings. The minimum Gasteiger partial charge on any atom is -0.102 e. The average Bonchev–Trinajstić information content (AvgIpc) is 2.92. The first-order valence-electron chi connectivity index (χ1n) is 7.76. The molecule has 0 radical (unpaired) electrons. The molecular formula is C22H18. The molecule has 0 saturated carbocycles. The van der Waals surface area contributed by atoms with Gasteiger partial charge in [-0.05, 0) is 27.8 Å². The fraction of sp³-hybridized carbons (Fsp3) is 0.0909. The number of benzene rings is 3. The van der Waals surface area contributed by atoms with Gasteiger partial charge in [0.1, 0.15) is 0 Å². The molecule has 1 aliphatic carbocycles. The van der Waals surface area contributed by atoms with E-state index in [4.69, 9.17) is 0 Å². The van der Waals surface area contributed by atoms with Gasteiger partial charge in [0.15, 0.2) is 0 Å². The normalized spacial score (nSPS) is 14.2. The highest BCUT2D eigenvalue weighted by Gasteiger charge is 2.33. The van der Waals surface area contributed by atoms with E-state index in [2.05, 4.69) is 91.5 Å². The van der Waals surface area contributed by atoms with E-state index in [1.165, 1.54) is 27.8 Å². The summed E-state index contributed by atoms with van der Waals surface area (Å²) in [6.45, 7) is 4.13. The van der Waals surface area contributed by atoms with Gasteiger partial charge in [0, 0.05) is 11.8 Å². The third-order valence-corrected chi connectivity index (χ3v) is 4.68. The third-order valence-electron chi connectivity index (χ3n) is 4.68. The number of fused-ring (bicyclic) bond motifs is 3. The van der Waals surface area contributed by atoms with Crippen LogP contribution in [-0.2, 0) is 0 Å². The Morgan fingerprint density at radius 1 is 0.682 bits per heavy atom. The zero-order valence-electron chi connectivity index (χ0n) is 12.4. The quantitative estimate of drug-likeness (QED) is 0.535. The van der Waals surface area contributed by atoms with Crippen LogP contribution in [0.3, 0.4) is 0 Å². The maximum Gasteiger partial charge on any atom is 0.0205 e. The Morgan fingerprint density at radius 3 is 1.73 bits per heavy atom. The van der Waals surface area contributed by atoms with Crippen LogP contribution in [0.2, 0.25) is 0 Å². The van der Waals surface area contributed by atoms with Crippen molar-refractivity contribution in [3.05, 3.63) is 108 Å². The van der Waals surface area contributed by atoms with Crippen molar-refractivity contribution in [1.82, 2.24) is 0 Å². The molecule has 0 bridgehead atoms. The van der Waals surface area contributed by atoms with Gasteiger partial charge in [0.05, 0.1) is 0 Å². The van der Waals surface area contributed by atoms with Gasteiger partial charge in [0.25, 0.3) is 0 Å². The van der Waals surface area contributed by atoms with E-state index in [9.17, 15) is 0 Å². The number of rotatable bonds is 3. The molecule has 0 saturated heterocycles. The number of hydrogen-bond acceptors (Lipinski definition) is 0. The molecule has 1 atom stereocenters. The molecule has 3 aromatic carbocycles. The lowest BCUT2D eigenvalue weighted by Gasteiger charge is -2.23. The van der Waals surface area contributed by atoms with Crippen LogP contribution < -0.4 is 0 Å². The fourth-order valence-electron chi connectivity index (χ4n) is 3.72.